The predicted octanol–water partition coefficient (Wildman–Crippen LogP) is 2.04. The molecule has 2 atom stereocenters. The third-order valence-corrected chi connectivity index (χ3v) is 7.16. The summed E-state index contributed by atoms with van der Waals surface area (Å²) in [4.78, 5) is 37.3. The first-order valence-corrected chi connectivity index (χ1v) is 11.5. The molecule has 0 spiro atoms. The Morgan fingerprint density at radius 3 is 2.35 bits per heavy atom. The summed E-state index contributed by atoms with van der Waals surface area (Å²) in [5.41, 5.74) is -0.549. The van der Waals surface area contributed by atoms with Crippen LogP contribution in [0.2, 0.25) is 0 Å². The zero-order chi connectivity index (χ0) is 23.5. The molecule has 11 heteroatoms. The summed E-state index contributed by atoms with van der Waals surface area (Å²) in [6.07, 6.45) is 0.375. The van der Waals surface area contributed by atoms with Crippen molar-refractivity contribution in [2.24, 2.45) is 11.8 Å². The van der Waals surface area contributed by atoms with Crippen LogP contribution in [0.5, 0.6) is 0 Å². The molecule has 2 rings (SSSR count). The number of methoxy groups -OCH3 is 1. The lowest BCUT2D eigenvalue weighted by atomic mass is 9.96. The Balaban J connectivity index is 2.49. The number of benzene rings is 1. The standard InChI is InChI=1S/C20H29N3O7S/c1-13(2)12-16(20(25)30-5)21-10-11-22(18(14(3)4)19(21)24)31(28,29)17-9-7-6-8-15(17)23(26)27/h6-9,13-14,16,18H,10-12H2,1-5H3/t16-,18-/m0/s1. The number of nitro groups is 1. The van der Waals surface area contributed by atoms with Crippen molar-refractivity contribution in [1.82, 2.24) is 9.21 Å². The van der Waals surface area contributed by atoms with E-state index in [-0.39, 0.29) is 19.0 Å². The monoisotopic (exact) mass is 455 g/mol. The number of sulfonamides is 1. The van der Waals surface area contributed by atoms with Crippen LogP contribution in [0, 0.1) is 22.0 Å². The summed E-state index contributed by atoms with van der Waals surface area (Å²) in [7, 11) is -3.09. The molecule has 0 aliphatic carbocycles. The van der Waals surface area contributed by atoms with E-state index >= 15 is 0 Å². The molecule has 1 amide bonds. The highest BCUT2D eigenvalue weighted by molar-refractivity contribution is 7.89. The Hall–Kier alpha value is -2.53. The third kappa shape index (κ3) is 5.04. The second kappa shape index (κ2) is 9.73. The number of nitro benzene ring substituents is 1. The SMILES string of the molecule is COC(=O)[C@H](CC(C)C)N1CCN(S(=O)(=O)c2ccccc2[N+](=O)[O-])[C@@H](C(C)C)C1=O. The lowest BCUT2D eigenvalue weighted by Crippen LogP contribution is -2.63. The molecule has 1 fully saturated rings. The predicted molar refractivity (Wildman–Crippen MR) is 113 cm³/mol. The molecule has 1 saturated heterocycles. The summed E-state index contributed by atoms with van der Waals surface area (Å²) in [5.74, 6) is -1.40. The Kier molecular flexibility index (Phi) is 7.77. The van der Waals surface area contributed by atoms with Gasteiger partial charge in [0.25, 0.3) is 15.7 Å². The summed E-state index contributed by atoms with van der Waals surface area (Å²) < 4.78 is 32.6. The normalized spacial score (nSPS) is 19.0. The second-order valence-corrected chi connectivity index (χ2v) is 10.1. The van der Waals surface area contributed by atoms with Crippen LogP contribution in [-0.4, -0.2) is 66.7 Å². The zero-order valence-electron chi connectivity index (χ0n) is 18.3. The maximum atomic E-state index is 13.4. The van der Waals surface area contributed by atoms with Gasteiger partial charge < -0.3 is 9.64 Å². The van der Waals surface area contributed by atoms with Gasteiger partial charge in [-0.25, -0.2) is 13.2 Å². The van der Waals surface area contributed by atoms with Gasteiger partial charge in [-0.2, -0.15) is 4.31 Å². The van der Waals surface area contributed by atoms with E-state index in [4.69, 9.17) is 4.74 Å². The van der Waals surface area contributed by atoms with Gasteiger partial charge in [0.05, 0.1) is 12.0 Å². The average Bonchev–Trinajstić information content (AvgIpc) is 2.70. The highest BCUT2D eigenvalue weighted by Gasteiger charge is 2.47. The van der Waals surface area contributed by atoms with Crippen molar-refractivity contribution in [1.29, 1.82) is 0 Å². The molecule has 0 unspecified atom stereocenters. The number of piperazine rings is 1. The minimum atomic E-state index is -4.33. The third-order valence-electron chi connectivity index (χ3n) is 5.23. The fourth-order valence-corrected chi connectivity index (χ4v) is 5.70. The van der Waals surface area contributed by atoms with Crippen LogP contribution in [0.1, 0.15) is 34.1 Å². The van der Waals surface area contributed by atoms with Gasteiger partial charge in [0, 0.05) is 19.2 Å². The van der Waals surface area contributed by atoms with E-state index in [1.807, 2.05) is 13.8 Å². The van der Waals surface area contributed by atoms with Crippen molar-refractivity contribution >= 4 is 27.6 Å². The van der Waals surface area contributed by atoms with Crippen molar-refractivity contribution in [2.45, 2.75) is 51.1 Å². The Bertz CT molecular complexity index is 946. The fourth-order valence-electron chi connectivity index (χ4n) is 3.83. The van der Waals surface area contributed by atoms with E-state index < -0.39 is 55.4 Å². The number of nitrogens with zero attached hydrogens (tertiary/aromatic N) is 3. The summed E-state index contributed by atoms with van der Waals surface area (Å²) in [5, 5.41) is 11.4. The van der Waals surface area contributed by atoms with E-state index in [0.717, 1.165) is 16.4 Å². The lowest BCUT2D eigenvalue weighted by Gasteiger charge is -2.43. The van der Waals surface area contributed by atoms with Gasteiger partial charge in [-0.15, -0.1) is 0 Å². The molecule has 0 N–H and O–H groups in total. The maximum Gasteiger partial charge on any atom is 0.328 e. The Labute approximate surface area is 182 Å². The van der Waals surface area contributed by atoms with Crippen molar-refractivity contribution < 1.29 is 27.7 Å². The highest BCUT2D eigenvalue weighted by Crippen LogP contribution is 2.32. The molecule has 0 bridgehead atoms. The van der Waals surface area contributed by atoms with Crippen LogP contribution in [0.4, 0.5) is 5.69 Å². The van der Waals surface area contributed by atoms with Crippen LogP contribution >= 0.6 is 0 Å². The minimum Gasteiger partial charge on any atom is -0.467 e. The molecule has 1 heterocycles. The van der Waals surface area contributed by atoms with E-state index in [9.17, 15) is 28.1 Å². The van der Waals surface area contributed by atoms with Gasteiger partial charge in [-0.3, -0.25) is 14.9 Å². The lowest BCUT2D eigenvalue weighted by molar-refractivity contribution is -0.387. The van der Waals surface area contributed by atoms with E-state index in [1.54, 1.807) is 13.8 Å². The molecule has 1 aliphatic rings. The van der Waals surface area contributed by atoms with Gasteiger partial charge in [0.2, 0.25) is 5.91 Å². The molecular weight excluding hydrogens is 426 g/mol. The van der Waals surface area contributed by atoms with Crippen LogP contribution < -0.4 is 0 Å². The number of rotatable bonds is 8. The molecule has 0 saturated carbocycles. The molecule has 1 aromatic rings. The number of amides is 1. The molecule has 31 heavy (non-hydrogen) atoms. The molecule has 1 aliphatic heterocycles. The van der Waals surface area contributed by atoms with Gasteiger partial charge in [-0.1, -0.05) is 39.8 Å². The van der Waals surface area contributed by atoms with Crippen LogP contribution in [0.25, 0.3) is 0 Å². The highest BCUT2D eigenvalue weighted by atomic mass is 32.2. The van der Waals surface area contributed by atoms with E-state index in [2.05, 4.69) is 0 Å². The first kappa shape index (κ1) is 24.7. The summed E-state index contributed by atoms with van der Waals surface area (Å²) >= 11 is 0. The number of carbonyl (C=O) groups is 2. The van der Waals surface area contributed by atoms with Gasteiger partial charge in [0.15, 0.2) is 4.90 Å². The smallest absolute Gasteiger partial charge is 0.328 e. The van der Waals surface area contributed by atoms with E-state index in [1.165, 1.54) is 24.1 Å². The van der Waals surface area contributed by atoms with Crippen molar-refractivity contribution in [3.63, 3.8) is 0 Å². The number of carbonyl (C=O) groups excluding carboxylic acids is 2. The maximum absolute atomic E-state index is 13.4. The van der Waals surface area contributed by atoms with Crippen LogP contribution in [0.3, 0.4) is 0 Å². The molecule has 172 valence electrons. The number of hydrogen-bond donors (Lipinski definition) is 0. The minimum absolute atomic E-state index is 0.0194. The number of esters is 1. The summed E-state index contributed by atoms with van der Waals surface area (Å²) in [6, 6.07) is 3.14. The number of para-hydroxylation sites is 1. The molecular formula is C20H29N3O7S. The van der Waals surface area contributed by atoms with Gasteiger partial charge in [-0.05, 0) is 24.3 Å². The molecule has 0 radical (unpaired) electrons. The first-order valence-electron chi connectivity index (χ1n) is 10.1. The van der Waals surface area contributed by atoms with Crippen molar-refractivity contribution in [3.8, 4) is 0 Å². The average molecular weight is 456 g/mol. The number of ether oxygens (including phenoxy) is 1. The second-order valence-electron chi connectivity index (χ2n) is 8.23. The largest absolute Gasteiger partial charge is 0.467 e. The van der Waals surface area contributed by atoms with Crippen LogP contribution in [-0.2, 0) is 24.3 Å². The molecule has 1 aromatic carbocycles. The summed E-state index contributed by atoms with van der Waals surface area (Å²) in [6.45, 7) is 7.11. The Morgan fingerprint density at radius 1 is 1.23 bits per heavy atom. The molecule has 0 aromatic heterocycles. The van der Waals surface area contributed by atoms with Crippen LogP contribution in [0.15, 0.2) is 29.2 Å². The Morgan fingerprint density at radius 2 is 1.84 bits per heavy atom. The van der Waals surface area contributed by atoms with Crippen molar-refractivity contribution in [2.75, 3.05) is 20.2 Å². The zero-order valence-corrected chi connectivity index (χ0v) is 19.2. The fraction of sp³-hybridized carbons (Fsp3) is 0.600. The quantitative estimate of drug-likeness (QED) is 0.333. The topological polar surface area (TPSA) is 127 Å². The number of hydrogen-bond acceptors (Lipinski definition) is 7. The van der Waals surface area contributed by atoms with Gasteiger partial charge in [0.1, 0.15) is 12.1 Å². The first-order chi connectivity index (χ1) is 14.4. The van der Waals surface area contributed by atoms with E-state index in [0.29, 0.717) is 6.42 Å². The van der Waals surface area contributed by atoms with Crippen molar-refractivity contribution in [3.05, 3.63) is 34.4 Å². The molecule has 10 nitrogen and oxygen atoms in total. The van der Waals surface area contributed by atoms with Gasteiger partial charge >= 0.3 is 5.97 Å².